The van der Waals surface area contributed by atoms with Gasteiger partial charge < -0.3 is 15.2 Å². The Kier molecular flexibility index (Phi) is 4.84. The maximum absolute atomic E-state index is 6.05. The number of rotatable bonds is 5. The van der Waals surface area contributed by atoms with Crippen LogP contribution in [-0.2, 0) is 6.61 Å². The van der Waals surface area contributed by atoms with Crippen molar-refractivity contribution in [1.82, 2.24) is 9.97 Å². The highest BCUT2D eigenvalue weighted by Gasteiger charge is 2.13. The molecule has 0 spiro atoms. The van der Waals surface area contributed by atoms with E-state index in [4.69, 9.17) is 15.2 Å². The molecule has 0 aliphatic carbocycles. The van der Waals surface area contributed by atoms with Gasteiger partial charge in [-0.1, -0.05) is 12.1 Å². The standard InChI is InChI=1S/C20H21N3O2/c1-13-10-16(21)11-18(23-13)20-14(2)22-9-8-19(20)25-12-15-4-6-17(24-3)7-5-15/h4-11H,12H2,1-3H3,(H2,21,23). The van der Waals surface area contributed by atoms with Crippen LogP contribution in [0.25, 0.3) is 11.3 Å². The van der Waals surface area contributed by atoms with Gasteiger partial charge >= 0.3 is 0 Å². The molecule has 0 radical (unpaired) electrons. The predicted molar refractivity (Wildman–Crippen MR) is 98.7 cm³/mol. The molecule has 5 nitrogen and oxygen atoms in total. The lowest BCUT2D eigenvalue weighted by molar-refractivity contribution is 0.306. The SMILES string of the molecule is COc1ccc(COc2ccnc(C)c2-c2cc(N)cc(C)n2)cc1. The predicted octanol–water partition coefficient (Wildman–Crippen LogP) is 3.93. The average molecular weight is 335 g/mol. The summed E-state index contributed by atoms with van der Waals surface area (Å²) in [5.74, 6) is 1.56. The summed E-state index contributed by atoms with van der Waals surface area (Å²) >= 11 is 0. The number of ether oxygens (including phenoxy) is 2. The van der Waals surface area contributed by atoms with Gasteiger partial charge in [0.25, 0.3) is 0 Å². The molecule has 128 valence electrons. The lowest BCUT2D eigenvalue weighted by Gasteiger charge is -2.14. The van der Waals surface area contributed by atoms with E-state index in [9.17, 15) is 0 Å². The molecule has 0 saturated heterocycles. The van der Waals surface area contributed by atoms with E-state index in [2.05, 4.69) is 9.97 Å². The van der Waals surface area contributed by atoms with E-state index < -0.39 is 0 Å². The summed E-state index contributed by atoms with van der Waals surface area (Å²) in [5, 5.41) is 0. The first kappa shape index (κ1) is 16.8. The van der Waals surface area contributed by atoms with E-state index in [0.717, 1.165) is 39.7 Å². The van der Waals surface area contributed by atoms with Crippen molar-refractivity contribution in [2.75, 3.05) is 12.8 Å². The van der Waals surface area contributed by atoms with Crippen LogP contribution >= 0.6 is 0 Å². The minimum absolute atomic E-state index is 0.446. The van der Waals surface area contributed by atoms with Crippen molar-refractivity contribution in [2.24, 2.45) is 0 Å². The third-order valence-corrected chi connectivity index (χ3v) is 3.89. The van der Waals surface area contributed by atoms with Gasteiger partial charge in [0, 0.05) is 17.6 Å². The van der Waals surface area contributed by atoms with Crippen molar-refractivity contribution in [3.63, 3.8) is 0 Å². The van der Waals surface area contributed by atoms with E-state index in [1.54, 1.807) is 13.3 Å². The molecular weight excluding hydrogens is 314 g/mol. The van der Waals surface area contributed by atoms with Crippen LogP contribution in [0.4, 0.5) is 5.69 Å². The lowest BCUT2D eigenvalue weighted by Crippen LogP contribution is -2.01. The molecule has 0 unspecified atom stereocenters. The van der Waals surface area contributed by atoms with Crippen molar-refractivity contribution < 1.29 is 9.47 Å². The summed E-state index contributed by atoms with van der Waals surface area (Å²) in [6, 6.07) is 13.3. The number of hydrogen-bond acceptors (Lipinski definition) is 5. The highest BCUT2D eigenvalue weighted by atomic mass is 16.5. The molecule has 3 rings (SSSR count). The highest BCUT2D eigenvalue weighted by molar-refractivity contribution is 5.71. The minimum atomic E-state index is 0.446. The third kappa shape index (κ3) is 3.88. The number of pyridine rings is 2. The summed E-state index contributed by atoms with van der Waals surface area (Å²) in [7, 11) is 1.65. The van der Waals surface area contributed by atoms with Crippen LogP contribution in [0.15, 0.2) is 48.7 Å². The molecule has 25 heavy (non-hydrogen) atoms. The topological polar surface area (TPSA) is 70.3 Å². The molecule has 0 bridgehead atoms. The number of nitrogen functional groups attached to an aromatic ring is 1. The van der Waals surface area contributed by atoms with Gasteiger partial charge in [-0.25, -0.2) is 0 Å². The fraction of sp³-hybridized carbons (Fsp3) is 0.200. The Morgan fingerprint density at radius 1 is 1.04 bits per heavy atom. The molecule has 0 atom stereocenters. The zero-order valence-electron chi connectivity index (χ0n) is 14.6. The van der Waals surface area contributed by atoms with Crippen LogP contribution in [0.2, 0.25) is 0 Å². The van der Waals surface area contributed by atoms with E-state index in [0.29, 0.717) is 12.3 Å². The second kappa shape index (κ2) is 7.21. The first-order valence-corrected chi connectivity index (χ1v) is 8.02. The van der Waals surface area contributed by atoms with Crippen LogP contribution in [-0.4, -0.2) is 17.1 Å². The molecule has 0 aliphatic heterocycles. The minimum Gasteiger partial charge on any atom is -0.497 e. The molecule has 5 heteroatoms. The monoisotopic (exact) mass is 335 g/mol. The maximum atomic E-state index is 6.05. The van der Waals surface area contributed by atoms with Gasteiger partial charge in [0.05, 0.1) is 24.1 Å². The first-order chi connectivity index (χ1) is 12.1. The van der Waals surface area contributed by atoms with Crippen LogP contribution < -0.4 is 15.2 Å². The average Bonchev–Trinajstić information content (AvgIpc) is 2.59. The van der Waals surface area contributed by atoms with Gasteiger partial charge in [-0.05, 0) is 49.7 Å². The van der Waals surface area contributed by atoms with E-state index >= 15 is 0 Å². The summed E-state index contributed by atoms with van der Waals surface area (Å²) < 4.78 is 11.2. The molecule has 2 aromatic heterocycles. The second-order valence-electron chi connectivity index (χ2n) is 5.83. The van der Waals surface area contributed by atoms with Gasteiger partial charge in [-0.2, -0.15) is 0 Å². The van der Waals surface area contributed by atoms with Gasteiger partial charge in [0.1, 0.15) is 18.1 Å². The zero-order chi connectivity index (χ0) is 17.8. The van der Waals surface area contributed by atoms with Gasteiger partial charge in [-0.15, -0.1) is 0 Å². The molecule has 1 aromatic carbocycles. The molecule has 2 N–H and O–H groups in total. The zero-order valence-corrected chi connectivity index (χ0v) is 14.6. The molecule has 0 fully saturated rings. The third-order valence-electron chi connectivity index (χ3n) is 3.89. The Bertz CT molecular complexity index is 856. The maximum Gasteiger partial charge on any atom is 0.132 e. The molecular formula is C20H21N3O2. The van der Waals surface area contributed by atoms with Crippen molar-refractivity contribution in [3.05, 3.63) is 65.6 Å². The Balaban J connectivity index is 1.90. The Hall–Kier alpha value is -3.08. The summed E-state index contributed by atoms with van der Waals surface area (Å²) in [5.41, 5.74) is 11.1. The molecule has 0 saturated carbocycles. The normalized spacial score (nSPS) is 10.5. The molecule has 3 aromatic rings. The van der Waals surface area contributed by atoms with Gasteiger partial charge in [-0.3, -0.25) is 9.97 Å². The van der Waals surface area contributed by atoms with E-state index in [1.807, 2.05) is 56.3 Å². The first-order valence-electron chi connectivity index (χ1n) is 8.02. The van der Waals surface area contributed by atoms with Gasteiger partial charge in [0.15, 0.2) is 0 Å². The molecule has 2 heterocycles. The largest absolute Gasteiger partial charge is 0.497 e. The van der Waals surface area contributed by atoms with Gasteiger partial charge in [0.2, 0.25) is 0 Å². The summed E-state index contributed by atoms with van der Waals surface area (Å²) in [4.78, 5) is 8.96. The lowest BCUT2D eigenvalue weighted by atomic mass is 10.1. The molecule has 0 aliphatic rings. The van der Waals surface area contributed by atoms with Crippen molar-refractivity contribution in [1.29, 1.82) is 0 Å². The number of benzene rings is 1. The number of nitrogens with two attached hydrogens (primary N) is 1. The number of methoxy groups -OCH3 is 1. The Morgan fingerprint density at radius 2 is 1.80 bits per heavy atom. The second-order valence-corrected chi connectivity index (χ2v) is 5.83. The molecule has 0 amide bonds. The quantitative estimate of drug-likeness (QED) is 0.765. The summed E-state index contributed by atoms with van der Waals surface area (Å²) in [6.07, 6.45) is 1.74. The van der Waals surface area contributed by atoms with Crippen molar-refractivity contribution in [3.8, 4) is 22.8 Å². The van der Waals surface area contributed by atoms with E-state index in [1.165, 1.54) is 0 Å². The van der Waals surface area contributed by atoms with Crippen LogP contribution in [0.1, 0.15) is 17.0 Å². The fourth-order valence-corrected chi connectivity index (χ4v) is 2.68. The number of anilines is 1. The number of hydrogen-bond donors (Lipinski definition) is 1. The van der Waals surface area contributed by atoms with Crippen LogP contribution in [0, 0.1) is 13.8 Å². The fourth-order valence-electron chi connectivity index (χ4n) is 2.68. The number of nitrogens with zero attached hydrogens (tertiary/aromatic N) is 2. The van der Waals surface area contributed by atoms with Crippen LogP contribution in [0.3, 0.4) is 0 Å². The van der Waals surface area contributed by atoms with Crippen LogP contribution in [0.5, 0.6) is 11.5 Å². The summed E-state index contributed by atoms with van der Waals surface area (Å²) in [6.45, 7) is 4.31. The van der Waals surface area contributed by atoms with E-state index in [-0.39, 0.29) is 0 Å². The highest BCUT2D eigenvalue weighted by Crippen LogP contribution is 2.32. The Labute approximate surface area is 147 Å². The Morgan fingerprint density at radius 3 is 2.48 bits per heavy atom. The number of aryl methyl sites for hydroxylation is 2. The van der Waals surface area contributed by atoms with Crippen molar-refractivity contribution in [2.45, 2.75) is 20.5 Å². The van der Waals surface area contributed by atoms with Crippen molar-refractivity contribution >= 4 is 5.69 Å². The smallest absolute Gasteiger partial charge is 0.132 e. The number of aromatic nitrogens is 2.